The molecule has 0 radical (unpaired) electrons. The van der Waals surface area contributed by atoms with Crippen LogP contribution in [0.5, 0.6) is 0 Å². The second-order valence-electron chi connectivity index (χ2n) is 7.84. The van der Waals surface area contributed by atoms with Crippen LogP contribution in [0.1, 0.15) is 55.5 Å². The van der Waals surface area contributed by atoms with E-state index in [9.17, 15) is 13.2 Å². The molecular weight excluding hydrogens is 372 g/mol. The fourth-order valence-corrected chi connectivity index (χ4v) is 4.78. The molecule has 1 N–H and O–H groups in total. The molecule has 150 valence electrons. The molecule has 2 aromatic rings. The van der Waals surface area contributed by atoms with E-state index in [1.165, 1.54) is 17.7 Å². The first-order chi connectivity index (χ1) is 13.3. The number of nitrogens with zero attached hydrogens (tertiary/aromatic N) is 1. The van der Waals surface area contributed by atoms with Crippen molar-refractivity contribution in [2.24, 2.45) is 5.92 Å². The summed E-state index contributed by atoms with van der Waals surface area (Å²) in [6, 6.07) is 13.9. The van der Waals surface area contributed by atoms with Gasteiger partial charge in [0.05, 0.1) is 4.90 Å². The second kappa shape index (κ2) is 8.45. The third-order valence-electron chi connectivity index (χ3n) is 5.33. The number of amides is 1. The molecule has 5 nitrogen and oxygen atoms in total. The smallest absolute Gasteiger partial charge is 0.255 e. The molecule has 0 spiro atoms. The normalized spacial score (nSPS) is 16.3. The highest BCUT2D eigenvalue weighted by Crippen LogP contribution is 2.24. The van der Waals surface area contributed by atoms with Crippen LogP contribution in [0, 0.1) is 5.92 Å². The van der Waals surface area contributed by atoms with Gasteiger partial charge in [0, 0.05) is 24.3 Å². The van der Waals surface area contributed by atoms with Crippen molar-refractivity contribution in [3.63, 3.8) is 0 Å². The topological polar surface area (TPSA) is 66.5 Å². The van der Waals surface area contributed by atoms with Gasteiger partial charge in [0.15, 0.2) is 0 Å². The number of benzene rings is 2. The number of carbonyl (C=O) groups excluding carboxylic acids is 1. The Morgan fingerprint density at radius 1 is 1.00 bits per heavy atom. The maximum absolute atomic E-state index is 12.8. The lowest BCUT2D eigenvalue weighted by Gasteiger charge is -2.29. The fourth-order valence-electron chi connectivity index (χ4n) is 3.31. The Morgan fingerprint density at radius 3 is 2.11 bits per heavy atom. The first-order valence-corrected chi connectivity index (χ1v) is 11.2. The van der Waals surface area contributed by atoms with Gasteiger partial charge in [0.2, 0.25) is 10.0 Å². The second-order valence-corrected chi connectivity index (χ2v) is 9.78. The number of rotatable bonds is 5. The summed E-state index contributed by atoms with van der Waals surface area (Å²) in [6.45, 7) is 7.49. The van der Waals surface area contributed by atoms with Gasteiger partial charge in [-0.05, 0) is 66.6 Å². The van der Waals surface area contributed by atoms with Crippen LogP contribution in [0.25, 0.3) is 0 Å². The van der Waals surface area contributed by atoms with Gasteiger partial charge >= 0.3 is 0 Å². The highest BCUT2D eigenvalue weighted by Gasteiger charge is 2.28. The number of carbonyl (C=O) groups is 1. The molecule has 0 unspecified atom stereocenters. The van der Waals surface area contributed by atoms with Crippen molar-refractivity contribution in [1.82, 2.24) is 4.31 Å². The van der Waals surface area contributed by atoms with E-state index < -0.39 is 10.0 Å². The Bertz CT molecular complexity index is 911. The van der Waals surface area contributed by atoms with Gasteiger partial charge in [-0.1, -0.05) is 32.9 Å². The Hall–Kier alpha value is -2.18. The van der Waals surface area contributed by atoms with E-state index in [-0.39, 0.29) is 10.8 Å². The summed E-state index contributed by atoms with van der Waals surface area (Å²) in [4.78, 5) is 12.7. The molecule has 1 saturated heterocycles. The van der Waals surface area contributed by atoms with Crippen LogP contribution in [0.4, 0.5) is 5.69 Å². The molecule has 0 aromatic heterocycles. The van der Waals surface area contributed by atoms with Gasteiger partial charge in [0.25, 0.3) is 5.91 Å². The van der Waals surface area contributed by atoms with Crippen LogP contribution in [-0.4, -0.2) is 31.7 Å². The number of sulfonamides is 1. The summed E-state index contributed by atoms with van der Waals surface area (Å²) in [7, 11) is -3.50. The van der Waals surface area contributed by atoms with Gasteiger partial charge in [-0.25, -0.2) is 8.42 Å². The van der Waals surface area contributed by atoms with Crippen LogP contribution >= 0.6 is 0 Å². The van der Waals surface area contributed by atoms with Crippen molar-refractivity contribution in [3.05, 3.63) is 59.7 Å². The quantitative estimate of drug-likeness (QED) is 0.804. The summed E-state index contributed by atoms with van der Waals surface area (Å²) in [6.07, 6.45) is 1.77. The number of piperidine rings is 1. The Morgan fingerprint density at radius 2 is 1.57 bits per heavy atom. The van der Waals surface area contributed by atoms with E-state index >= 15 is 0 Å². The van der Waals surface area contributed by atoms with Crippen molar-refractivity contribution >= 4 is 21.6 Å². The molecule has 0 atom stereocenters. The molecule has 0 saturated carbocycles. The zero-order valence-corrected chi connectivity index (χ0v) is 17.5. The fraction of sp³-hybridized carbons (Fsp3) is 0.409. The molecule has 1 heterocycles. The van der Waals surface area contributed by atoms with Crippen molar-refractivity contribution in [3.8, 4) is 0 Å². The average molecular weight is 401 g/mol. The number of hydrogen-bond acceptors (Lipinski definition) is 3. The van der Waals surface area contributed by atoms with Crippen molar-refractivity contribution < 1.29 is 13.2 Å². The van der Waals surface area contributed by atoms with Gasteiger partial charge in [-0.2, -0.15) is 4.31 Å². The van der Waals surface area contributed by atoms with Crippen LogP contribution < -0.4 is 5.32 Å². The molecule has 1 amide bonds. The highest BCUT2D eigenvalue weighted by atomic mass is 32.2. The van der Waals surface area contributed by atoms with E-state index in [4.69, 9.17) is 0 Å². The van der Waals surface area contributed by atoms with E-state index in [0.717, 1.165) is 12.8 Å². The molecule has 3 rings (SSSR count). The van der Waals surface area contributed by atoms with Gasteiger partial charge in [-0.15, -0.1) is 0 Å². The Balaban J connectivity index is 1.68. The first-order valence-electron chi connectivity index (χ1n) is 9.79. The van der Waals surface area contributed by atoms with Crippen molar-refractivity contribution in [2.75, 3.05) is 18.4 Å². The molecule has 28 heavy (non-hydrogen) atoms. The zero-order valence-electron chi connectivity index (χ0n) is 16.7. The number of nitrogens with one attached hydrogen (secondary N) is 1. The van der Waals surface area contributed by atoms with E-state index in [2.05, 4.69) is 26.1 Å². The molecule has 0 aliphatic carbocycles. The number of hydrogen-bond donors (Lipinski definition) is 1. The summed E-state index contributed by atoms with van der Waals surface area (Å²) in [5, 5.41) is 2.85. The minimum absolute atomic E-state index is 0.236. The standard InChI is InChI=1S/C22H28N2O3S/c1-16(2)18-4-8-20(9-5-18)23-22(25)19-6-10-21(11-7-19)28(26,27)24-14-12-17(3)13-15-24/h4-11,16-17H,12-15H2,1-3H3,(H,23,25). The van der Waals surface area contributed by atoms with Gasteiger partial charge in [0.1, 0.15) is 0 Å². The predicted octanol–water partition coefficient (Wildman–Crippen LogP) is 4.48. The van der Waals surface area contributed by atoms with E-state index in [1.54, 1.807) is 16.4 Å². The number of anilines is 1. The SMILES string of the molecule is CC1CCN(S(=O)(=O)c2ccc(C(=O)Nc3ccc(C(C)C)cc3)cc2)CC1. The zero-order chi connectivity index (χ0) is 20.3. The lowest BCUT2D eigenvalue weighted by molar-refractivity contribution is 0.102. The van der Waals surface area contributed by atoms with Gasteiger partial charge < -0.3 is 5.32 Å². The molecule has 1 fully saturated rings. The van der Waals surface area contributed by atoms with Crippen LogP contribution in [0.2, 0.25) is 0 Å². The minimum Gasteiger partial charge on any atom is -0.322 e. The summed E-state index contributed by atoms with van der Waals surface area (Å²) in [5.41, 5.74) is 2.35. The minimum atomic E-state index is -3.50. The summed E-state index contributed by atoms with van der Waals surface area (Å²) in [5.74, 6) is 0.738. The van der Waals surface area contributed by atoms with Crippen molar-refractivity contribution in [2.45, 2.75) is 44.4 Å². The monoisotopic (exact) mass is 400 g/mol. The maximum Gasteiger partial charge on any atom is 0.255 e. The van der Waals surface area contributed by atoms with Crippen LogP contribution in [0.3, 0.4) is 0 Å². The third-order valence-corrected chi connectivity index (χ3v) is 7.24. The molecule has 6 heteroatoms. The maximum atomic E-state index is 12.8. The molecule has 1 aliphatic heterocycles. The Kier molecular flexibility index (Phi) is 6.20. The van der Waals surface area contributed by atoms with Crippen molar-refractivity contribution in [1.29, 1.82) is 0 Å². The molecule has 2 aromatic carbocycles. The highest BCUT2D eigenvalue weighted by molar-refractivity contribution is 7.89. The lowest BCUT2D eigenvalue weighted by atomic mass is 10.0. The largest absolute Gasteiger partial charge is 0.322 e. The molecule has 1 aliphatic rings. The van der Waals surface area contributed by atoms with Gasteiger partial charge in [-0.3, -0.25) is 4.79 Å². The van der Waals surface area contributed by atoms with E-state index in [1.807, 2.05) is 24.3 Å². The molecule has 0 bridgehead atoms. The van der Waals surface area contributed by atoms with E-state index in [0.29, 0.717) is 36.2 Å². The van der Waals surface area contributed by atoms with Crippen LogP contribution in [0.15, 0.2) is 53.4 Å². The summed E-state index contributed by atoms with van der Waals surface area (Å²) < 4.78 is 27.1. The Labute approximate surface area is 167 Å². The average Bonchev–Trinajstić information content (AvgIpc) is 2.69. The lowest BCUT2D eigenvalue weighted by Crippen LogP contribution is -2.37. The summed E-state index contributed by atoms with van der Waals surface area (Å²) >= 11 is 0. The third kappa shape index (κ3) is 4.62. The first kappa shape index (κ1) is 20.6. The van der Waals surface area contributed by atoms with Crippen LogP contribution in [-0.2, 0) is 10.0 Å². The predicted molar refractivity (Wildman–Crippen MR) is 112 cm³/mol. The molecular formula is C22H28N2O3S.